The Kier molecular flexibility index (Phi) is 3.95. The average Bonchev–Trinajstić information content (AvgIpc) is 3.25. The van der Waals surface area contributed by atoms with Crippen molar-refractivity contribution < 1.29 is 14.5 Å². The molecule has 1 N–H and O–H groups in total. The summed E-state index contributed by atoms with van der Waals surface area (Å²) in [6.07, 6.45) is 2.46. The SMILES string of the molecule is N#CC1CN1C(=O)NC(=O)C=Cc1cccc([N+](=O)[O-])c1. The molecule has 1 saturated heterocycles. The van der Waals surface area contributed by atoms with Gasteiger partial charge in [0.25, 0.3) is 11.6 Å². The third kappa shape index (κ3) is 3.63. The first-order valence-electron chi connectivity index (χ1n) is 5.95. The van der Waals surface area contributed by atoms with Crippen molar-refractivity contribution in [2.75, 3.05) is 6.54 Å². The number of amides is 3. The van der Waals surface area contributed by atoms with Gasteiger partial charge >= 0.3 is 6.03 Å². The van der Waals surface area contributed by atoms with Gasteiger partial charge in [-0.2, -0.15) is 5.26 Å². The molecule has 0 bridgehead atoms. The third-order valence-electron chi connectivity index (χ3n) is 2.76. The Balaban J connectivity index is 1.93. The van der Waals surface area contributed by atoms with Crippen LogP contribution in [-0.2, 0) is 4.79 Å². The molecule has 0 radical (unpaired) electrons. The number of hydrogen-bond acceptors (Lipinski definition) is 5. The monoisotopic (exact) mass is 286 g/mol. The molecule has 8 heteroatoms. The lowest BCUT2D eigenvalue weighted by Gasteiger charge is -2.01. The minimum atomic E-state index is -0.657. The number of imide groups is 1. The molecule has 106 valence electrons. The second-order valence-corrected chi connectivity index (χ2v) is 4.28. The van der Waals surface area contributed by atoms with Crippen LogP contribution in [0.4, 0.5) is 10.5 Å². The van der Waals surface area contributed by atoms with E-state index in [9.17, 15) is 19.7 Å². The summed E-state index contributed by atoms with van der Waals surface area (Å²) < 4.78 is 0. The highest BCUT2D eigenvalue weighted by Crippen LogP contribution is 2.16. The molecule has 8 nitrogen and oxygen atoms in total. The normalized spacial score (nSPS) is 16.3. The molecule has 1 unspecified atom stereocenters. The summed E-state index contributed by atoms with van der Waals surface area (Å²) in [5.41, 5.74) is 0.378. The Morgan fingerprint density at radius 1 is 1.52 bits per heavy atom. The highest BCUT2D eigenvalue weighted by atomic mass is 16.6. The molecule has 0 spiro atoms. The van der Waals surface area contributed by atoms with Crippen LogP contribution in [0.15, 0.2) is 30.3 Å². The van der Waals surface area contributed by atoms with E-state index in [-0.39, 0.29) is 5.69 Å². The van der Waals surface area contributed by atoms with Crippen molar-refractivity contribution in [2.24, 2.45) is 0 Å². The Morgan fingerprint density at radius 2 is 2.29 bits per heavy atom. The zero-order valence-corrected chi connectivity index (χ0v) is 10.7. The predicted octanol–water partition coefficient (Wildman–Crippen LogP) is 1.05. The molecular formula is C13H10N4O4. The number of urea groups is 1. The Bertz CT molecular complexity index is 677. The van der Waals surface area contributed by atoms with Crippen LogP contribution in [0, 0.1) is 21.4 Å². The number of benzene rings is 1. The van der Waals surface area contributed by atoms with E-state index in [0.29, 0.717) is 12.1 Å². The van der Waals surface area contributed by atoms with Gasteiger partial charge < -0.3 is 4.90 Å². The fourth-order valence-corrected chi connectivity index (χ4v) is 1.61. The Morgan fingerprint density at radius 3 is 2.90 bits per heavy atom. The number of carbonyl (C=O) groups excluding carboxylic acids is 2. The van der Waals surface area contributed by atoms with E-state index in [4.69, 9.17) is 5.26 Å². The van der Waals surface area contributed by atoms with Crippen LogP contribution in [0.3, 0.4) is 0 Å². The van der Waals surface area contributed by atoms with Crippen LogP contribution in [-0.4, -0.2) is 34.3 Å². The first-order chi connectivity index (χ1) is 10.0. The fraction of sp³-hybridized carbons (Fsp3) is 0.154. The molecule has 21 heavy (non-hydrogen) atoms. The maximum Gasteiger partial charge on any atom is 0.325 e. The molecule has 0 aromatic heterocycles. The summed E-state index contributed by atoms with van der Waals surface area (Å²) in [6.45, 7) is 0.310. The second kappa shape index (κ2) is 5.83. The number of nitriles is 1. The molecule has 1 aliphatic heterocycles. The Labute approximate surface area is 119 Å². The molecule has 1 aromatic carbocycles. The molecule has 0 saturated carbocycles. The number of nitrogens with one attached hydrogen (secondary N) is 1. The first kappa shape index (κ1) is 14.2. The number of carbonyl (C=O) groups is 2. The standard InChI is InChI=1S/C13H10N4O4/c14-7-11-8-16(11)13(19)15-12(18)5-4-9-2-1-3-10(6-9)17(20)21/h1-6,11H,8H2,(H,15,18,19). The van der Waals surface area contributed by atoms with Crippen molar-refractivity contribution in [3.8, 4) is 6.07 Å². The van der Waals surface area contributed by atoms with Gasteiger partial charge in [0.2, 0.25) is 0 Å². The van der Waals surface area contributed by atoms with Crippen molar-refractivity contribution >= 4 is 23.7 Å². The highest BCUT2D eigenvalue weighted by molar-refractivity contribution is 6.03. The summed E-state index contributed by atoms with van der Waals surface area (Å²) in [4.78, 5) is 34.2. The van der Waals surface area contributed by atoms with Gasteiger partial charge in [-0.15, -0.1) is 0 Å². The van der Waals surface area contributed by atoms with Gasteiger partial charge in [-0.05, 0) is 11.6 Å². The smallest absolute Gasteiger partial charge is 0.303 e. The number of rotatable bonds is 3. The van der Waals surface area contributed by atoms with Crippen molar-refractivity contribution in [1.82, 2.24) is 10.2 Å². The van der Waals surface area contributed by atoms with Crippen molar-refractivity contribution in [3.63, 3.8) is 0 Å². The molecule has 2 rings (SSSR count). The molecule has 3 amide bonds. The van der Waals surface area contributed by atoms with E-state index in [1.807, 2.05) is 6.07 Å². The van der Waals surface area contributed by atoms with Crippen LogP contribution in [0.2, 0.25) is 0 Å². The summed E-state index contributed by atoms with van der Waals surface area (Å²) >= 11 is 0. The van der Waals surface area contributed by atoms with Crippen molar-refractivity contribution in [2.45, 2.75) is 6.04 Å². The van der Waals surface area contributed by atoms with Crippen LogP contribution in [0.1, 0.15) is 5.56 Å². The zero-order valence-electron chi connectivity index (χ0n) is 10.7. The zero-order chi connectivity index (χ0) is 15.4. The number of nitro benzene ring substituents is 1. The van der Waals surface area contributed by atoms with E-state index in [0.717, 1.165) is 6.08 Å². The quantitative estimate of drug-likeness (QED) is 0.386. The van der Waals surface area contributed by atoms with Gasteiger partial charge in [0.1, 0.15) is 6.04 Å². The third-order valence-corrected chi connectivity index (χ3v) is 2.76. The lowest BCUT2D eigenvalue weighted by molar-refractivity contribution is -0.384. The van der Waals surface area contributed by atoms with Gasteiger partial charge in [0.15, 0.2) is 0 Å². The first-order valence-corrected chi connectivity index (χ1v) is 5.95. The van der Waals surface area contributed by atoms with Crippen molar-refractivity contribution in [3.05, 3.63) is 46.0 Å². The van der Waals surface area contributed by atoms with Crippen molar-refractivity contribution in [1.29, 1.82) is 5.26 Å². The summed E-state index contributed by atoms with van der Waals surface area (Å²) in [7, 11) is 0. The van der Waals surface area contributed by atoms with Crippen LogP contribution < -0.4 is 5.32 Å². The van der Waals surface area contributed by atoms with E-state index in [2.05, 4.69) is 5.32 Å². The van der Waals surface area contributed by atoms with Gasteiger partial charge in [0, 0.05) is 18.2 Å². The molecule has 1 atom stereocenters. The summed E-state index contributed by atoms with van der Waals surface area (Å²) in [6, 6.07) is 6.52. The minimum Gasteiger partial charge on any atom is -0.303 e. The lowest BCUT2D eigenvalue weighted by Crippen LogP contribution is -2.33. The number of hydrogen-bond donors (Lipinski definition) is 1. The molecule has 1 aliphatic rings. The molecule has 1 fully saturated rings. The van der Waals surface area contributed by atoms with Gasteiger partial charge in [-0.1, -0.05) is 12.1 Å². The van der Waals surface area contributed by atoms with Gasteiger partial charge in [-0.25, -0.2) is 4.79 Å². The van der Waals surface area contributed by atoms with Crippen LogP contribution >= 0.6 is 0 Å². The molecular weight excluding hydrogens is 276 g/mol. The lowest BCUT2D eigenvalue weighted by atomic mass is 10.2. The van der Waals surface area contributed by atoms with Gasteiger partial charge in [-0.3, -0.25) is 20.2 Å². The van der Waals surface area contributed by atoms with Gasteiger partial charge in [0.05, 0.1) is 17.5 Å². The fourth-order valence-electron chi connectivity index (χ4n) is 1.61. The second-order valence-electron chi connectivity index (χ2n) is 4.28. The number of non-ortho nitro benzene ring substituents is 1. The van der Waals surface area contributed by atoms with Crippen LogP contribution in [0.25, 0.3) is 6.08 Å². The van der Waals surface area contributed by atoms with E-state index >= 15 is 0 Å². The maximum atomic E-state index is 11.5. The largest absolute Gasteiger partial charge is 0.325 e. The predicted molar refractivity (Wildman–Crippen MR) is 71.8 cm³/mol. The topological polar surface area (TPSA) is 116 Å². The van der Waals surface area contributed by atoms with E-state index in [1.54, 1.807) is 6.07 Å². The molecule has 1 aromatic rings. The summed E-state index contributed by atoms with van der Waals surface area (Å²) in [5, 5.41) is 21.3. The summed E-state index contributed by atoms with van der Waals surface area (Å²) in [5.74, 6) is -0.657. The molecule has 1 heterocycles. The number of nitrogens with zero attached hydrogens (tertiary/aromatic N) is 3. The van der Waals surface area contributed by atoms with E-state index < -0.39 is 22.9 Å². The Hall–Kier alpha value is -3.21. The highest BCUT2D eigenvalue weighted by Gasteiger charge is 2.38. The number of nitro groups is 1. The van der Waals surface area contributed by atoms with E-state index in [1.165, 1.54) is 29.2 Å². The molecule has 0 aliphatic carbocycles. The maximum absolute atomic E-state index is 11.5. The van der Waals surface area contributed by atoms with Crippen LogP contribution in [0.5, 0.6) is 0 Å². The minimum absolute atomic E-state index is 0.0883. The average molecular weight is 286 g/mol.